The Bertz CT molecular complexity index is 1920. The van der Waals surface area contributed by atoms with E-state index < -0.39 is 11.6 Å². The predicted octanol–water partition coefficient (Wildman–Crippen LogP) is 7.67. The average Bonchev–Trinajstić information content (AvgIpc) is 3.62. The zero-order valence-electron chi connectivity index (χ0n) is 23.1. The first-order valence-electron chi connectivity index (χ1n) is 13.2. The van der Waals surface area contributed by atoms with E-state index in [1.165, 1.54) is 24.3 Å². The van der Waals surface area contributed by atoms with Crippen molar-refractivity contribution in [1.29, 1.82) is 0 Å². The van der Waals surface area contributed by atoms with Gasteiger partial charge in [-0.15, -0.1) is 0 Å². The summed E-state index contributed by atoms with van der Waals surface area (Å²) in [7, 11) is 3.16. The minimum absolute atomic E-state index is 0.228. The van der Waals surface area contributed by atoms with Crippen LogP contribution in [0.3, 0.4) is 0 Å². The summed E-state index contributed by atoms with van der Waals surface area (Å²) in [5.41, 5.74) is 4.58. The standard InChI is InChI=1S/C34H25F2N3O4/c1-42-23-9-3-19(4-10-23)27-17-29(25-13-7-21(35)15-31(25)40)37-33(27)39-34-28(20-5-11-24(43-2)12-6-20)18-30(38-34)26-14-8-22(36)16-32(26)41/h3-18,37,40-41H,1-2H3/b39-34-. The van der Waals surface area contributed by atoms with Gasteiger partial charge in [-0.1, -0.05) is 24.3 Å². The zero-order valence-corrected chi connectivity index (χ0v) is 23.1. The molecule has 5 aromatic rings. The van der Waals surface area contributed by atoms with Gasteiger partial charge in [0.1, 0.15) is 40.5 Å². The number of benzene rings is 4. The fourth-order valence-corrected chi connectivity index (χ4v) is 4.84. The molecule has 2 heterocycles. The number of aromatic hydroxyl groups is 2. The van der Waals surface area contributed by atoms with Crippen LogP contribution in [0.1, 0.15) is 11.1 Å². The lowest BCUT2D eigenvalue weighted by atomic mass is 10.0. The van der Waals surface area contributed by atoms with E-state index in [2.05, 4.69) is 4.98 Å². The van der Waals surface area contributed by atoms with Crippen molar-refractivity contribution in [3.05, 3.63) is 120 Å². The van der Waals surface area contributed by atoms with E-state index >= 15 is 0 Å². The van der Waals surface area contributed by atoms with Gasteiger partial charge < -0.3 is 24.7 Å². The molecule has 0 radical (unpaired) electrons. The van der Waals surface area contributed by atoms with Gasteiger partial charge in [0.15, 0.2) is 5.84 Å². The summed E-state index contributed by atoms with van der Waals surface area (Å²) in [6.45, 7) is 0. The maximum atomic E-state index is 13.8. The first-order chi connectivity index (χ1) is 20.8. The number of halogens is 2. The van der Waals surface area contributed by atoms with Gasteiger partial charge >= 0.3 is 0 Å². The van der Waals surface area contributed by atoms with Crippen LogP contribution >= 0.6 is 0 Å². The average molecular weight is 578 g/mol. The molecule has 0 fully saturated rings. The minimum Gasteiger partial charge on any atom is -0.507 e. The molecule has 7 nitrogen and oxygen atoms in total. The van der Waals surface area contributed by atoms with Crippen LogP contribution in [0.25, 0.3) is 28.0 Å². The molecule has 1 aliphatic heterocycles. The Morgan fingerprint density at radius 3 is 1.79 bits per heavy atom. The van der Waals surface area contributed by atoms with Crippen molar-refractivity contribution in [2.45, 2.75) is 0 Å². The number of amidine groups is 1. The number of phenols is 2. The van der Waals surface area contributed by atoms with Crippen molar-refractivity contribution in [2.75, 3.05) is 14.2 Å². The fourth-order valence-electron chi connectivity index (χ4n) is 4.84. The predicted molar refractivity (Wildman–Crippen MR) is 163 cm³/mol. The number of allylic oxidation sites excluding steroid dienone is 1. The van der Waals surface area contributed by atoms with E-state index in [0.29, 0.717) is 56.8 Å². The molecule has 0 saturated carbocycles. The van der Waals surface area contributed by atoms with Crippen LogP contribution in [0.5, 0.6) is 23.0 Å². The number of hydrogen-bond acceptors (Lipinski definition) is 5. The Kier molecular flexibility index (Phi) is 7.21. The highest BCUT2D eigenvalue weighted by atomic mass is 19.1. The second-order valence-corrected chi connectivity index (χ2v) is 9.72. The molecule has 6 rings (SSSR count). The van der Waals surface area contributed by atoms with Crippen molar-refractivity contribution in [3.63, 3.8) is 0 Å². The van der Waals surface area contributed by atoms with E-state index in [-0.39, 0.29) is 11.5 Å². The Morgan fingerprint density at radius 1 is 0.674 bits per heavy atom. The summed E-state index contributed by atoms with van der Waals surface area (Å²) in [6.07, 6.45) is 1.77. The molecule has 43 heavy (non-hydrogen) atoms. The molecule has 0 atom stereocenters. The first kappa shape index (κ1) is 27.5. The molecule has 4 aromatic carbocycles. The van der Waals surface area contributed by atoms with Crippen LogP contribution in [0.15, 0.2) is 107 Å². The lowest BCUT2D eigenvalue weighted by Crippen LogP contribution is -1.96. The molecule has 0 saturated heterocycles. The molecule has 1 aliphatic rings. The lowest BCUT2D eigenvalue weighted by Gasteiger charge is -2.06. The largest absolute Gasteiger partial charge is 0.507 e. The molecular formula is C34H25F2N3O4. The van der Waals surface area contributed by atoms with Crippen LogP contribution < -0.4 is 9.47 Å². The quantitative estimate of drug-likeness (QED) is 0.185. The number of aromatic nitrogens is 1. The van der Waals surface area contributed by atoms with E-state index in [1.54, 1.807) is 20.3 Å². The molecule has 0 bridgehead atoms. The van der Waals surface area contributed by atoms with Gasteiger partial charge in [0.05, 0.1) is 25.6 Å². The number of rotatable bonds is 7. The Morgan fingerprint density at radius 2 is 1.23 bits per heavy atom. The van der Waals surface area contributed by atoms with Crippen LogP contribution in [0.4, 0.5) is 14.6 Å². The van der Waals surface area contributed by atoms with Crippen molar-refractivity contribution in [2.24, 2.45) is 9.98 Å². The SMILES string of the molecule is COc1ccc(C2=CC(c3ccc(F)cc3O)=N/C2=N\c2[nH]c(-c3ccc(F)cc3O)cc2-c2ccc(OC)cc2)cc1. The summed E-state index contributed by atoms with van der Waals surface area (Å²) < 4.78 is 38.1. The normalized spacial score (nSPS) is 13.6. The molecule has 0 amide bonds. The van der Waals surface area contributed by atoms with Crippen LogP contribution in [0, 0.1) is 11.6 Å². The Balaban J connectivity index is 1.53. The number of ether oxygens (including phenoxy) is 2. The van der Waals surface area contributed by atoms with Gasteiger partial charge in [0, 0.05) is 34.4 Å². The highest BCUT2D eigenvalue weighted by Crippen LogP contribution is 2.40. The lowest BCUT2D eigenvalue weighted by molar-refractivity contribution is 0.414. The van der Waals surface area contributed by atoms with E-state index in [4.69, 9.17) is 19.5 Å². The summed E-state index contributed by atoms with van der Waals surface area (Å²) >= 11 is 0. The maximum absolute atomic E-state index is 13.8. The van der Waals surface area contributed by atoms with Crippen LogP contribution in [0.2, 0.25) is 0 Å². The summed E-state index contributed by atoms with van der Waals surface area (Å²) in [4.78, 5) is 12.9. The second-order valence-electron chi connectivity index (χ2n) is 9.72. The second kappa shape index (κ2) is 11.3. The van der Waals surface area contributed by atoms with Crippen molar-refractivity contribution in [1.82, 2.24) is 4.98 Å². The molecule has 9 heteroatoms. The fraction of sp³-hybridized carbons (Fsp3) is 0.0588. The summed E-state index contributed by atoms with van der Waals surface area (Å²) in [6, 6.07) is 24.1. The molecule has 3 N–H and O–H groups in total. The van der Waals surface area contributed by atoms with Crippen molar-refractivity contribution >= 4 is 22.9 Å². The van der Waals surface area contributed by atoms with Gasteiger partial charge in [0.2, 0.25) is 0 Å². The third-order valence-corrected chi connectivity index (χ3v) is 7.05. The zero-order chi connectivity index (χ0) is 30.1. The van der Waals surface area contributed by atoms with Gasteiger partial charge in [-0.05, 0) is 71.8 Å². The molecule has 0 aliphatic carbocycles. The third kappa shape index (κ3) is 5.48. The van der Waals surface area contributed by atoms with Crippen LogP contribution in [-0.2, 0) is 0 Å². The summed E-state index contributed by atoms with van der Waals surface area (Å²) in [5.74, 6) is 0.495. The number of nitrogens with zero attached hydrogens (tertiary/aromatic N) is 2. The Hall–Kier alpha value is -5.70. The van der Waals surface area contributed by atoms with Gasteiger partial charge in [-0.3, -0.25) is 0 Å². The number of H-pyrrole nitrogens is 1. The minimum atomic E-state index is -0.569. The van der Waals surface area contributed by atoms with Crippen molar-refractivity contribution < 1.29 is 28.5 Å². The maximum Gasteiger partial charge on any atom is 0.162 e. The first-order valence-corrected chi connectivity index (χ1v) is 13.2. The number of phenolic OH excluding ortho intramolecular Hbond substituents is 2. The molecule has 1 aromatic heterocycles. The highest BCUT2D eigenvalue weighted by Gasteiger charge is 2.23. The smallest absolute Gasteiger partial charge is 0.162 e. The third-order valence-electron chi connectivity index (χ3n) is 7.05. The number of aromatic amines is 1. The Labute approximate surface area is 245 Å². The molecule has 0 spiro atoms. The molecular weight excluding hydrogens is 552 g/mol. The number of aliphatic imine (C=N–C) groups is 2. The van der Waals surface area contributed by atoms with E-state index in [9.17, 15) is 19.0 Å². The van der Waals surface area contributed by atoms with Gasteiger partial charge in [-0.2, -0.15) is 0 Å². The number of methoxy groups -OCH3 is 2. The number of hydrogen-bond donors (Lipinski definition) is 3. The van der Waals surface area contributed by atoms with E-state index in [0.717, 1.165) is 23.3 Å². The monoisotopic (exact) mass is 577 g/mol. The van der Waals surface area contributed by atoms with Gasteiger partial charge in [-0.25, -0.2) is 18.8 Å². The molecule has 214 valence electrons. The topological polar surface area (TPSA) is 99.4 Å². The summed E-state index contributed by atoms with van der Waals surface area (Å²) in [5, 5.41) is 21.0. The highest BCUT2D eigenvalue weighted by molar-refractivity contribution is 6.38. The van der Waals surface area contributed by atoms with E-state index in [1.807, 2.05) is 54.6 Å². The van der Waals surface area contributed by atoms with Crippen LogP contribution in [-0.4, -0.2) is 41.0 Å². The molecule has 0 unspecified atom stereocenters. The van der Waals surface area contributed by atoms with Gasteiger partial charge in [0.25, 0.3) is 0 Å². The number of nitrogens with one attached hydrogen (secondary N) is 1. The van der Waals surface area contributed by atoms with Crippen molar-refractivity contribution in [3.8, 4) is 45.4 Å².